The fraction of sp³-hybridized carbons (Fsp3) is 0.417. The van der Waals surface area contributed by atoms with E-state index in [4.69, 9.17) is 18.8 Å². The molecule has 1 heterocycles. The summed E-state index contributed by atoms with van der Waals surface area (Å²) in [5.41, 5.74) is 6.44. The third-order valence-electron chi connectivity index (χ3n) is 1.90. The molecular formula is C12H16F2N2O3S. The Morgan fingerprint density at radius 3 is 2.80 bits per heavy atom. The maximum absolute atomic E-state index is 12.6. The molecule has 0 aliphatic heterocycles. The molecule has 0 saturated carbocycles. The molecule has 0 aliphatic carbocycles. The van der Waals surface area contributed by atoms with Crippen LogP contribution in [0.25, 0.3) is 5.70 Å². The molecule has 8 heteroatoms. The smallest absolute Gasteiger partial charge is 0.278 e. The minimum absolute atomic E-state index is 0.243. The molecule has 0 radical (unpaired) electrons. The van der Waals surface area contributed by atoms with Gasteiger partial charge in [-0.2, -0.15) is 0 Å². The monoisotopic (exact) mass is 306 g/mol. The number of alkyl halides is 2. The van der Waals surface area contributed by atoms with E-state index in [1.165, 1.54) is 18.5 Å². The Hall–Kier alpha value is -1.54. The zero-order chi connectivity index (χ0) is 15.0. The summed E-state index contributed by atoms with van der Waals surface area (Å²) < 4.78 is 40.0. The molecule has 1 rings (SSSR count). The second kappa shape index (κ2) is 7.91. The minimum atomic E-state index is -2.89. The Balaban J connectivity index is 2.53. The molecule has 0 aromatic carbocycles. The van der Waals surface area contributed by atoms with Gasteiger partial charge < -0.3 is 14.7 Å². The minimum Gasteiger partial charge on any atom is -0.486 e. The van der Waals surface area contributed by atoms with Gasteiger partial charge in [-0.15, -0.1) is 0 Å². The highest BCUT2D eigenvalue weighted by Gasteiger charge is 2.22. The van der Waals surface area contributed by atoms with E-state index in [9.17, 15) is 8.78 Å². The first-order valence-corrected chi connectivity index (χ1v) is 6.46. The fourth-order valence-corrected chi connectivity index (χ4v) is 1.35. The highest BCUT2D eigenvalue weighted by atomic mass is 32.2. The van der Waals surface area contributed by atoms with E-state index in [-0.39, 0.29) is 11.4 Å². The molecule has 0 saturated heterocycles. The number of hydrogen-bond acceptors (Lipinski definition) is 6. The van der Waals surface area contributed by atoms with Crippen LogP contribution in [-0.2, 0) is 8.37 Å². The van der Waals surface area contributed by atoms with Gasteiger partial charge in [-0.3, -0.25) is 9.17 Å². The molecule has 0 aliphatic rings. The van der Waals surface area contributed by atoms with Crippen molar-refractivity contribution in [2.75, 3.05) is 13.2 Å². The van der Waals surface area contributed by atoms with Gasteiger partial charge in [0, 0.05) is 6.92 Å². The molecule has 0 spiro atoms. The molecular weight excluding hydrogens is 290 g/mol. The van der Waals surface area contributed by atoms with Gasteiger partial charge in [-0.25, -0.2) is 8.78 Å². The number of nitrogens with zero attached hydrogens (tertiary/aromatic N) is 1. The highest BCUT2D eigenvalue weighted by molar-refractivity contribution is 7.89. The van der Waals surface area contributed by atoms with Gasteiger partial charge in [0.05, 0.1) is 24.2 Å². The number of aromatic nitrogens is 1. The molecule has 112 valence electrons. The number of nitrogens with two attached hydrogens (primary N) is 1. The Morgan fingerprint density at radius 2 is 2.25 bits per heavy atom. The normalized spacial score (nSPS) is 12.3. The van der Waals surface area contributed by atoms with Crippen LogP contribution in [0.15, 0.2) is 24.6 Å². The van der Waals surface area contributed by atoms with E-state index in [1.807, 2.05) is 6.92 Å². The van der Waals surface area contributed by atoms with Gasteiger partial charge in [0.1, 0.15) is 12.0 Å². The molecule has 0 unspecified atom stereocenters. The molecule has 1 aromatic rings. The summed E-state index contributed by atoms with van der Waals surface area (Å²) in [6.45, 7) is 2.41. The third-order valence-corrected chi connectivity index (χ3v) is 2.41. The first-order valence-electron chi connectivity index (χ1n) is 5.80. The lowest BCUT2D eigenvalue weighted by molar-refractivity contribution is -0.0230. The van der Waals surface area contributed by atoms with Crippen LogP contribution in [0.4, 0.5) is 8.78 Å². The number of pyridine rings is 1. The summed E-state index contributed by atoms with van der Waals surface area (Å²) in [6.07, 6.45) is 2.60. The van der Waals surface area contributed by atoms with Crippen molar-refractivity contribution in [3.05, 3.63) is 30.3 Å². The van der Waals surface area contributed by atoms with Crippen LogP contribution in [0.2, 0.25) is 0 Å². The summed E-state index contributed by atoms with van der Waals surface area (Å²) in [7, 11) is 0. The summed E-state index contributed by atoms with van der Waals surface area (Å²) in [5.74, 6) is -2.64. The summed E-state index contributed by atoms with van der Waals surface area (Å²) in [6, 6.07) is 3.05. The van der Waals surface area contributed by atoms with Crippen LogP contribution < -0.4 is 10.5 Å². The Bertz CT molecular complexity index is 435. The first-order chi connectivity index (χ1) is 9.42. The number of rotatable bonds is 8. The van der Waals surface area contributed by atoms with Crippen LogP contribution in [0.5, 0.6) is 5.75 Å². The van der Waals surface area contributed by atoms with E-state index in [0.29, 0.717) is 12.3 Å². The lowest BCUT2D eigenvalue weighted by atomic mass is 10.3. The lowest BCUT2D eigenvalue weighted by Crippen LogP contribution is -2.20. The zero-order valence-corrected chi connectivity index (χ0v) is 12.0. The van der Waals surface area contributed by atoms with Crippen molar-refractivity contribution in [3.8, 4) is 5.75 Å². The summed E-state index contributed by atoms with van der Waals surface area (Å²) in [5, 5.41) is 0. The van der Waals surface area contributed by atoms with Gasteiger partial charge in [0.25, 0.3) is 5.92 Å². The SMILES string of the molecule is CCOSOC=C(N)c1ccc(OCC(C)(F)F)cn1. The van der Waals surface area contributed by atoms with Gasteiger partial charge >= 0.3 is 0 Å². The predicted octanol–water partition coefficient (Wildman–Crippen LogP) is 2.99. The lowest BCUT2D eigenvalue weighted by Gasteiger charge is -2.11. The number of halogens is 2. The van der Waals surface area contributed by atoms with Gasteiger partial charge in [-0.1, -0.05) is 0 Å². The maximum atomic E-state index is 12.6. The molecule has 5 nitrogen and oxygen atoms in total. The summed E-state index contributed by atoms with van der Waals surface area (Å²) in [4.78, 5) is 3.98. The summed E-state index contributed by atoms with van der Waals surface area (Å²) >= 11 is 0.798. The first kappa shape index (κ1) is 16.5. The molecule has 0 amide bonds. The molecule has 0 atom stereocenters. The second-order valence-corrected chi connectivity index (χ2v) is 4.45. The molecule has 2 N–H and O–H groups in total. The van der Waals surface area contributed by atoms with Gasteiger partial charge in [0.15, 0.2) is 6.61 Å². The van der Waals surface area contributed by atoms with Crippen molar-refractivity contribution in [2.24, 2.45) is 5.73 Å². The van der Waals surface area contributed by atoms with E-state index < -0.39 is 12.5 Å². The van der Waals surface area contributed by atoms with E-state index >= 15 is 0 Å². The predicted molar refractivity (Wildman–Crippen MR) is 72.8 cm³/mol. The Labute approximate surface area is 120 Å². The quantitative estimate of drug-likeness (QED) is 0.452. The standard InChI is InChI=1S/C12H16F2N2O3S/c1-3-18-20-19-7-10(15)11-5-4-9(6-16-11)17-8-12(2,13)14/h4-7H,3,8,15H2,1-2H3. The van der Waals surface area contributed by atoms with Crippen molar-refractivity contribution in [1.29, 1.82) is 0 Å². The van der Waals surface area contributed by atoms with Crippen LogP contribution in [0, 0.1) is 0 Å². The molecule has 0 fully saturated rings. The van der Waals surface area contributed by atoms with Crippen molar-refractivity contribution < 1.29 is 21.9 Å². The van der Waals surface area contributed by atoms with E-state index in [1.54, 1.807) is 6.07 Å². The van der Waals surface area contributed by atoms with Crippen molar-refractivity contribution in [3.63, 3.8) is 0 Å². The average Bonchev–Trinajstić information content (AvgIpc) is 2.41. The van der Waals surface area contributed by atoms with E-state index in [0.717, 1.165) is 19.2 Å². The number of hydrogen-bond donors (Lipinski definition) is 1. The van der Waals surface area contributed by atoms with Crippen molar-refractivity contribution in [1.82, 2.24) is 4.98 Å². The third kappa shape index (κ3) is 6.58. The van der Waals surface area contributed by atoms with Crippen molar-refractivity contribution in [2.45, 2.75) is 19.8 Å². The van der Waals surface area contributed by atoms with Crippen LogP contribution in [0.1, 0.15) is 19.5 Å². The topological polar surface area (TPSA) is 66.6 Å². The molecule has 20 heavy (non-hydrogen) atoms. The van der Waals surface area contributed by atoms with Crippen LogP contribution >= 0.6 is 12.3 Å². The van der Waals surface area contributed by atoms with Gasteiger partial charge in [0.2, 0.25) is 12.3 Å². The maximum Gasteiger partial charge on any atom is 0.278 e. The Morgan fingerprint density at radius 1 is 1.50 bits per heavy atom. The largest absolute Gasteiger partial charge is 0.486 e. The molecule has 0 bridgehead atoms. The average molecular weight is 306 g/mol. The van der Waals surface area contributed by atoms with E-state index in [2.05, 4.69) is 4.98 Å². The Kier molecular flexibility index (Phi) is 6.53. The van der Waals surface area contributed by atoms with Crippen molar-refractivity contribution >= 4 is 18.0 Å². The van der Waals surface area contributed by atoms with Crippen LogP contribution in [0.3, 0.4) is 0 Å². The zero-order valence-electron chi connectivity index (χ0n) is 11.1. The second-order valence-electron chi connectivity index (χ2n) is 3.88. The van der Waals surface area contributed by atoms with Gasteiger partial charge in [-0.05, 0) is 19.1 Å². The number of ether oxygens (including phenoxy) is 1. The fourth-order valence-electron chi connectivity index (χ4n) is 1.05. The van der Waals surface area contributed by atoms with Crippen LogP contribution in [-0.4, -0.2) is 24.1 Å². The molecule has 1 aromatic heterocycles. The highest BCUT2D eigenvalue weighted by Crippen LogP contribution is 2.17.